The summed E-state index contributed by atoms with van der Waals surface area (Å²) in [6.07, 6.45) is 6.79. The molecular formula is C27H33FN4O2. The number of fused-ring (bicyclic) bond motifs is 2. The highest BCUT2D eigenvalue weighted by atomic mass is 19.1. The number of rotatable bonds is 7. The average molecular weight is 465 g/mol. The van der Waals surface area contributed by atoms with Gasteiger partial charge in [-0.25, -0.2) is 14.2 Å². The zero-order valence-electron chi connectivity index (χ0n) is 20.0. The van der Waals surface area contributed by atoms with E-state index in [0.717, 1.165) is 48.0 Å². The first-order valence-corrected chi connectivity index (χ1v) is 12.4. The summed E-state index contributed by atoms with van der Waals surface area (Å²) in [6.45, 7) is 5.11. The second-order valence-electron chi connectivity index (χ2n) is 9.97. The molecule has 6 nitrogen and oxygen atoms in total. The van der Waals surface area contributed by atoms with Crippen molar-refractivity contribution in [3.05, 3.63) is 60.2 Å². The maximum absolute atomic E-state index is 14.0. The van der Waals surface area contributed by atoms with Crippen LogP contribution in [0, 0.1) is 11.7 Å². The van der Waals surface area contributed by atoms with E-state index in [1.807, 2.05) is 43.6 Å². The predicted molar refractivity (Wildman–Crippen MR) is 132 cm³/mol. The van der Waals surface area contributed by atoms with Gasteiger partial charge in [0.25, 0.3) is 0 Å². The molecule has 2 aromatic carbocycles. The maximum atomic E-state index is 14.0. The molecule has 1 fully saturated rings. The van der Waals surface area contributed by atoms with Gasteiger partial charge in [-0.3, -0.25) is 4.90 Å². The molecule has 0 bridgehead atoms. The van der Waals surface area contributed by atoms with Gasteiger partial charge in [0.2, 0.25) is 0 Å². The molecule has 2 atom stereocenters. The molecule has 1 N–H and O–H groups in total. The van der Waals surface area contributed by atoms with Gasteiger partial charge in [-0.1, -0.05) is 37.8 Å². The van der Waals surface area contributed by atoms with E-state index in [9.17, 15) is 14.3 Å². The van der Waals surface area contributed by atoms with Crippen LogP contribution >= 0.6 is 0 Å². The molecule has 2 heterocycles. The van der Waals surface area contributed by atoms with Crippen LogP contribution in [0.25, 0.3) is 11.0 Å². The summed E-state index contributed by atoms with van der Waals surface area (Å²) in [5, 5.41) is 10.3. The van der Waals surface area contributed by atoms with Crippen LogP contribution in [-0.4, -0.2) is 44.3 Å². The summed E-state index contributed by atoms with van der Waals surface area (Å²) >= 11 is 0. The van der Waals surface area contributed by atoms with E-state index in [4.69, 9.17) is 0 Å². The molecule has 180 valence electrons. The van der Waals surface area contributed by atoms with Crippen LogP contribution in [0.15, 0.2) is 48.8 Å². The number of likely N-dealkylation sites (N-methyl/N-ethyl adjacent to an activating group) is 1. The molecule has 1 saturated carbocycles. The second-order valence-corrected chi connectivity index (χ2v) is 9.97. The molecule has 2 aliphatic rings. The van der Waals surface area contributed by atoms with E-state index in [-0.39, 0.29) is 12.0 Å². The molecule has 0 spiro atoms. The minimum absolute atomic E-state index is 0.236. The summed E-state index contributed by atoms with van der Waals surface area (Å²) in [5.41, 5.74) is 3.09. The third kappa shape index (κ3) is 3.81. The van der Waals surface area contributed by atoms with Gasteiger partial charge in [-0.15, -0.1) is 0 Å². The number of carbonyl (C=O) groups is 1. The highest BCUT2D eigenvalue weighted by Gasteiger charge is 2.49. The lowest BCUT2D eigenvalue weighted by atomic mass is 9.82. The summed E-state index contributed by atoms with van der Waals surface area (Å²) in [6, 6.07) is 13.0. The lowest BCUT2D eigenvalue weighted by molar-refractivity contribution is 0.0368. The standard InChI is InChI=1S/C27H33FN4O2/c1-3-32(26(33)34)27(2,17-19-8-4-5-9-19)25(31-18-29-22-10-6-7-11-24(22)31)30-15-14-20-16-21(28)12-13-23(20)30/h6-7,10-13,16,18-19,25H,3-5,8-9,14-15,17H2,1-2H3,(H,33,34)/t25?,27-/m0/s1. The fourth-order valence-corrected chi connectivity index (χ4v) is 6.48. The van der Waals surface area contributed by atoms with E-state index in [1.165, 1.54) is 18.9 Å². The first-order chi connectivity index (χ1) is 16.4. The Balaban J connectivity index is 1.71. The largest absolute Gasteiger partial charge is 0.465 e. The predicted octanol–water partition coefficient (Wildman–Crippen LogP) is 6.08. The Morgan fingerprint density at radius 1 is 1.26 bits per heavy atom. The Morgan fingerprint density at radius 2 is 2.03 bits per heavy atom. The normalized spacial score (nSPS) is 18.7. The van der Waals surface area contributed by atoms with E-state index in [0.29, 0.717) is 19.0 Å². The lowest BCUT2D eigenvalue weighted by Crippen LogP contribution is -2.59. The van der Waals surface area contributed by atoms with Gasteiger partial charge in [0.1, 0.15) is 12.0 Å². The quantitative estimate of drug-likeness (QED) is 0.461. The van der Waals surface area contributed by atoms with E-state index in [1.54, 1.807) is 11.0 Å². The first-order valence-electron chi connectivity index (χ1n) is 12.4. The lowest BCUT2D eigenvalue weighted by Gasteiger charge is -2.50. The number of benzene rings is 2. The van der Waals surface area contributed by atoms with Crippen molar-refractivity contribution >= 4 is 22.8 Å². The molecule has 7 heteroatoms. The van der Waals surface area contributed by atoms with Gasteiger partial charge >= 0.3 is 6.09 Å². The molecule has 1 aliphatic heterocycles. The van der Waals surface area contributed by atoms with Crippen molar-refractivity contribution in [1.29, 1.82) is 0 Å². The SMILES string of the molecule is CCN(C(=O)O)[C@@](C)(CC1CCCC1)C(N1CCc2cc(F)ccc21)n1cnc2ccccc21. The molecule has 1 unspecified atom stereocenters. The van der Waals surface area contributed by atoms with Crippen molar-refractivity contribution < 1.29 is 14.3 Å². The fraction of sp³-hybridized carbons (Fsp3) is 0.481. The van der Waals surface area contributed by atoms with E-state index < -0.39 is 11.6 Å². The summed E-state index contributed by atoms with van der Waals surface area (Å²) in [5.74, 6) is 0.241. The first kappa shape index (κ1) is 22.7. The molecule has 5 rings (SSSR count). The Bertz CT molecular complexity index is 1190. The maximum Gasteiger partial charge on any atom is 0.407 e. The van der Waals surface area contributed by atoms with E-state index in [2.05, 4.69) is 21.4 Å². The topological polar surface area (TPSA) is 61.6 Å². The van der Waals surface area contributed by atoms with Crippen molar-refractivity contribution in [3.63, 3.8) is 0 Å². The number of anilines is 1. The van der Waals surface area contributed by atoms with Gasteiger partial charge in [-0.05, 0) is 68.5 Å². The number of halogens is 1. The van der Waals surface area contributed by atoms with E-state index >= 15 is 0 Å². The van der Waals surface area contributed by atoms with Crippen LogP contribution in [0.3, 0.4) is 0 Å². The molecule has 1 aromatic heterocycles. The number of imidazole rings is 1. The average Bonchev–Trinajstić information content (AvgIpc) is 3.55. The minimum Gasteiger partial charge on any atom is -0.465 e. The molecule has 0 saturated heterocycles. The Labute approximate surface area is 200 Å². The number of hydrogen-bond acceptors (Lipinski definition) is 3. The minimum atomic E-state index is -0.907. The Morgan fingerprint density at radius 3 is 2.76 bits per heavy atom. The van der Waals surface area contributed by atoms with Crippen LogP contribution < -0.4 is 4.90 Å². The van der Waals surface area contributed by atoms with Gasteiger partial charge in [-0.2, -0.15) is 0 Å². The van der Waals surface area contributed by atoms with Crippen molar-refractivity contribution in [3.8, 4) is 0 Å². The van der Waals surface area contributed by atoms with Crippen molar-refractivity contribution in [2.75, 3.05) is 18.0 Å². The monoisotopic (exact) mass is 464 g/mol. The second kappa shape index (κ2) is 8.93. The number of nitrogens with zero attached hydrogens (tertiary/aromatic N) is 4. The summed E-state index contributed by atoms with van der Waals surface area (Å²) in [7, 11) is 0. The molecular weight excluding hydrogens is 431 g/mol. The highest BCUT2D eigenvalue weighted by Crippen LogP contribution is 2.46. The van der Waals surface area contributed by atoms with Crippen LogP contribution in [-0.2, 0) is 6.42 Å². The number of para-hydroxylation sites is 2. The van der Waals surface area contributed by atoms with Crippen LogP contribution in [0.1, 0.15) is 57.7 Å². The molecule has 3 aromatic rings. The number of hydrogen-bond donors (Lipinski definition) is 1. The van der Waals surface area contributed by atoms with Gasteiger partial charge < -0.3 is 14.6 Å². The third-order valence-electron chi connectivity index (χ3n) is 7.91. The van der Waals surface area contributed by atoms with Crippen molar-refractivity contribution in [1.82, 2.24) is 14.5 Å². The van der Waals surface area contributed by atoms with Crippen molar-refractivity contribution in [2.24, 2.45) is 5.92 Å². The fourth-order valence-electron chi connectivity index (χ4n) is 6.48. The van der Waals surface area contributed by atoms with Crippen molar-refractivity contribution in [2.45, 2.75) is 64.1 Å². The van der Waals surface area contributed by atoms with Crippen LogP contribution in [0.4, 0.5) is 14.9 Å². The Hall–Kier alpha value is -3.09. The molecule has 0 radical (unpaired) electrons. The summed E-state index contributed by atoms with van der Waals surface area (Å²) in [4.78, 5) is 21.2. The van der Waals surface area contributed by atoms with Crippen LogP contribution in [0.5, 0.6) is 0 Å². The van der Waals surface area contributed by atoms with Gasteiger partial charge in [0.15, 0.2) is 0 Å². The van der Waals surface area contributed by atoms with Crippen LogP contribution in [0.2, 0.25) is 0 Å². The number of carboxylic acid groups (broad SMARTS) is 1. The van der Waals surface area contributed by atoms with Gasteiger partial charge in [0.05, 0.1) is 22.9 Å². The number of aromatic nitrogens is 2. The van der Waals surface area contributed by atoms with Gasteiger partial charge in [0, 0.05) is 18.8 Å². The molecule has 1 amide bonds. The third-order valence-corrected chi connectivity index (χ3v) is 7.91. The zero-order chi connectivity index (χ0) is 23.9. The highest BCUT2D eigenvalue weighted by molar-refractivity contribution is 5.76. The summed E-state index contributed by atoms with van der Waals surface area (Å²) < 4.78 is 16.2. The smallest absolute Gasteiger partial charge is 0.407 e. The molecule has 1 aliphatic carbocycles. The molecule has 34 heavy (non-hydrogen) atoms. The zero-order valence-corrected chi connectivity index (χ0v) is 20.0. The number of amides is 1. The Kier molecular flexibility index (Phi) is 5.96.